The van der Waals surface area contributed by atoms with Crippen LogP contribution < -0.4 is 0 Å². The van der Waals surface area contributed by atoms with Crippen LogP contribution in [0.25, 0.3) is 0 Å². The summed E-state index contributed by atoms with van der Waals surface area (Å²) >= 11 is 0. The molecule has 24 heavy (non-hydrogen) atoms. The lowest BCUT2D eigenvalue weighted by atomic mass is 10.1. The van der Waals surface area contributed by atoms with Crippen LogP contribution >= 0.6 is 0 Å². The molecule has 0 amide bonds. The first-order valence-corrected chi connectivity index (χ1v) is 10.6. The zero-order valence-electron chi connectivity index (χ0n) is 16.9. The average molecular weight is 347 g/mol. The molecule has 0 rings (SSSR count). The van der Waals surface area contributed by atoms with Gasteiger partial charge in [0.15, 0.2) is 0 Å². The largest absolute Gasteiger partial charge is 0.394 e. The van der Waals surface area contributed by atoms with Crippen molar-refractivity contribution in [2.45, 2.75) is 117 Å². The maximum Gasteiger partial charge on any atom is 0.0742 e. The van der Waals surface area contributed by atoms with Crippen molar-refractivity contribution in [1.82, 2.24) is 0 Å². The Balaban J connectivity index is 0. The van der Waals surface area contributed by atoms with Gasteiger partial charge in [-0.3, -0.25) is 0 Å². The Morgan fingerprint density at radius 3 is 1.21 bits per heavy atom. The molecule has 0 aliphatic heterocycles. The van der Waals surface area contributed by atoms with Gasteiger partial charge in [-0.15, -0.1) is 0 Å². The molecule has 1 unspecified atom stereocenters. The van der Waals surface area contributed by atoms with Gasteiger partial charge in [-0.05, 0) is 19.8 Å². The highest BCUT2D eigenvalue weighted by Crippen LogP contribution is 2.08. The monoisotopic (exact) mass is 346 g/mol. The van der Waals surface area contributed by atoms with Crippen molar-refractivity contribution >= 4 is 0 Å². The third kappa shape index (κ3) is 29.8. The molecule has 3 nitrogen and oxygen atoms in total. The van der Waals surface area contributed by atoms with Gasteiger partial charge in [-0.1, -0.05) is 90.9 Å². The standard InChI is InChI=1S/C18H38O.C3H8O2/c1-3-5-7-9-11-13-15-17-19-18-16-14-12-10-8-6-4-2;1-3(5)2-4/h3-18H2,1-2H3;3-5H,2H2,1H3. The molecule has 0 aliphatic carbocycles. The number of rotatable bonds is 17. The van der Waals surface area contributed by atoms with E-state index in [2.05, 4.69) is 13.8 Å². The lowest BCUT2D eigenvalue weighted by molar-refractivity contribution is 0.110. The zero-order chi connectivity index (χ0) is 18.3. The van der Waals surface area contributed by atoms with Gasteiger partial charge in [-0.2, -0.15) is 0 Å². The Kier molecular flexibility index (Phi) is 27.3. The molecule has 148 valence electrons. The number of unbranched alkanes of at least 4 members (excludes halogenated alkanes) is 12. The van der Waals surface area contributed by atoms with Crippen molar-refractivity contribution in [2.24, 2.45) is 0 Å². The van der Waals surface area contributed by atoms with Crippen molar-refractivity contribution in [3.8, 4) is 0 Å². The summed E-state index contributed by atoms with van der Waals surface area (Å²) in [6.45, 7) is 7.92. The van der Waals surface area contributed by atoms with Crippen molar-refractivity contribution in [3.63, 3.8) is 0 Å². The highest BCUT2D eigenvalue weighted by molar-refractivity contribution is 4.46. The first-order chi connectivity index (χ1) is 11.7. The molecule has 0 bridgehead atoms. The number of aliphatic hydroxyl groups is 2. The van der Waals surface area contributed by atoms with Gasteiger partial charge in [0.2, 0.25) is 0 Å². The van der Waals surface area contributed by atoms with Gasteiger partial charge in [0, 0.05) is 13.2 Å². The van der Waals surface area contributed by atoms with E-state index >= 15 is 0 Å². The van der Waals surface area contributed by atoms with Gasteiger partial charge in [-0.25, -0.2) is 0 Å². The third-order valence-corrected chi connectivity index (χ3v) is 4.05. The van der Waals surface area contributed by atoms with Crippen LogP contribution in [0.5, 0.6) is 0 Å². The van der Waals surface area contributed by atoms with Crippen LogP contribution in [0, 0.1) is 0 Å². The fourth-order valence-corrected chi connectivity index (χ4v) is 2.42. The fourth-order valence-electron chi connectivity index (χ4n) is 2.42. The van der Waals surface area contributed by atoms with Crippen LogP contribution in [0.3, 0.4) is 0 Å². The molecule has 0 spiro atoms. The highest BCUT2D eigenvalue weighted by Gasteiger charge is 1.93. The molecule has 1 atom stereocenters. The molecule has 0 saturated heterocycles. The summed E-state index contributed by atoms with van der Waals surface area (Å²) in [6, 6.07) is 0. The first-order valence-electron chi connectivity index (χ1n) is 10.6. The second-order valence-electron chi connectivity index (χ2n) is 6.89. The molecular weight excluding hydrogens is 300 g/mol. The minimum atomic E-state index is -0.560. The summed E-state index contributed by atoms with van der Waals surface area (Å²) in [7, 11) is 0. The Hall–Kier alpha value is -0.120. The highest BCUT2D eigenvalue weighted by atomic mass is 16.5. The molecule has 0 heterocycles. The molecule has 0 aromatic heterocycles. The van der Waals surface area contributed by atoms with Crippen LogP contribution in [-0.4, -0.2) is 36.1 Å². The van der Waals surface area contributed by atoms with Crippen molar-refractivity contribution in [2.75, 3.05) is 19.8 Å². The Bertz CT molecular complexity index is 180. The summed E-state index contributed by atoms with van der Waals surface area (Å²) in [5.74, 6) is 0. The molecule has 3 heteroatoms. The minimum absolute atomic E-state index is 0.139. The minimum Gasteiger partial charge on any atom is -0.394 e. The van der Waals surface area contributed by atoms with Crippen LogP contribution in [0.4, 0.5) is 0 Å². The smallest absolute Gasteiger partial charge is 0.0742 e. The molecule has 0 aromatic rings. The zero-order valence-corrected chi connectivity index (χ0v) is 16.9. The second-order valence-corrected chi connectivity index (χ2v) is 6.89. The summed E-state index contributed by atoms with van der Waals surface area (Å²) in [4.78, 5) is 0. The SMILES string of the molecule is CC(O)CO.CCCCCCCCCOCCCCCCCCC. The Morgan fingerprint density at radius 1 is 0.625 bits per heavy atom. The van der Waals surface area contributed by atoms with E-state index in [1.807, 2.05) is 0 Å². The van der Waals surface area contributed by atoms with Gasteiger partial charge >= 0.3 is 0 Å². The van der Waals surface area contributed by atoms with E-state index in [9.17, 15) is 0 Å². The van der Waals surface area contributed by atoms with Gasteiger partial charge in [0.1, 0.15) is 0 Å². The fraction of sp³-hybridized carbons (Fsp3) is 1.00. The molecule has 0 radical (unpaired) electrons. The van der Waals surface area contributed by atoms with E-state index in [1.54, 1.807) is 0 Å². The molecular formula is C21H46O3. The maximum atomic E-state index is 8.11. The average Bonchev–Trinajstić information content (AvgIpc) is 2.59. The number of ether oxygens (including phenoxy) is 1. The Morgan fingerprint density at radius 2 is 0.917 bits per heavy atom. The summed E-state index contributed by atoms with van der Waals surface area (Å²) in [6.07, 6.45) is 18.7. The van der Waals surface area contributed by atoms with Crippen LogP contribution in [-0.2, 0) is 4.74 Å². The number of hydrogen-bond acceptors (Lipinski definition) is 3. The van der Waals surface area contributed by atoms with Gasteiger partial charge < -0.3 is 14.9 Å². The molecule has 0 fully saturated rings. The maximum absolute atomic E-state index is 8.11. The first kappa shape index (κ1) is 26.1. The summed E-state index contributed by atoms with van der Waals surface area (Å²) in [5, 5.41) is 16.0. The quantitative estimate of drug-likeness (QED) is 0.324. The van der Waals surface area contributed by atoms with Crippen molar-refractivity contribution < 1.29 is 14.9 Å². The predicted molar refractivity (Wildman–Crippen MR) is 106 cm³/mol. The summed E-state index contributed by atoms with van der Waals surface area (Å²) < 4.78 is 5.69. The van der Waals surface area contributed by atoms with Crippen LogP contribution in [0.2, 0.25) is 0 Å². The molecule has 2 N–H and O–H groups in total. The van der Waals surface area contributed by atoms with Crippen LogP contribution in [0.15, 0.2) is 0 Å². The predicted octanol–water partition coefficient (Wildman–Crippen LogP) is 5.86. The van der Waals surface area contributed by atoms with Crippen molar-refractivity contribution in [1.29, 1.82) is 0 Å². The summed E-state index contributed by atoms with van der Waals surface area (Å²) in [5.41, 5.74) is 0. The second kappa shape index (κ2) is 25.1. The lowest BCUT2D eigenvalue weighted by Crippen LogP contribution is -2.03. The molecule has 0 aliphatic rings. The molecule has 0 saturated carbocycles. The Labute approximate surface area is 152 Å². The van der Waals surface area contributed by atoms with Gasteiger partial charge in [0.05, 0.1) is 12.7 Å². The topological polar surface area (TPSA) is 49.7 Å². The van der Waals surface area contributed by atoms with E-state index in [0.717, 1.165) is 13.2 Å². The van der Waals surface area contributed by atoms with E-state index in [0.29, 0.717) is 0 Å². The van der Waals surface area contributed by atoms with Crippen molar-refractivity contribution in [3.05, 3.63) is 0 Å². The van der Waals surface area contributed by atoms with E-state index in [4.69, 9.17) is 14.9 Å². The normalized spacial score (nSPS) is 11.9. The number of aliphatic hydroxyl groups excluding tert-OH is 2. The van der Waals surface area contributed by atoms with E-state index < -0.39 is 6.10 Å². The molecule has 0 aromatic carbocycles. The van der Waals surface area contributed by atoms with E-state index in [1.165, 1.54) is 96.8 Å². The van der Waals surface area contributed by atoms with Crippen LogP contribution in [0.1, 0.15) is 111 Å². The van der Waals surface area contributed by atoms with Gasteiger partial charge in [0.25, 0.3) is 0 Å². The number of hydrogen-bond donors (Lipinski definition) is 2. The third-order valence-electron chi connectivity index (χ3n) is 4.05. The lowest BCUT2D eigenvalue weighted by Gasteiger charge is -2.04. The van der Waals surface area contributed by atoms with E-state index in [-0.39, 0.29) is 6.61 Å².